The lowest BCUT2D eigenvalue weighted by molar-refractivity contribution is -0.131. The highest BCUT2D eigenvalue weighted by atomic mass is 16.5. The van der Waals surface area contributed by atoms with Crippen LogP contribution in [-0.2, 0) is 11.3 Å². The van der Waals surface area contributed by atoms with E-state index in [1.807, 2.05) is 17.0 Å². The number of nitrogens with zero attached hydrogens (tertiary/aromatic N) is 6. The second kappa shape index (κ2) is 11.0. The molecule has 0 aliphatic carbocycles. The molecule has 2 aliphatic heterocycles. The maximum absolute atomic E-state index is 12.8. The summed E-state index contributed by atoms with van der Waals surface area (Å²) in [6.07, 6.45) is 0.587. The van der Waals surface area contributed by atoms with E-state index in [0.717, 1.165) is 70.5 Å². The Kier molecular flexibility index (Phi) is 7.82. The predicted molar refractivity (Wildman–Crippen MR) is 127 cm³/mol. The molecule has 0 bridgehead atoms. The second-order valence-electron chi connectivity index (χ2n) is 9.13. The van der Waals surface area contributed by atoms with E-state index in [-0.39, 0.29) is 11.8 Å². The fourth-order valence-corrected chi connectivity index (χ4v) is 4.35. The van der Waals surface area contributed by atoms with Crippen molar-refractivity contribution in [3.63, 3.8) is 0 Å². The number of carbonyl (C=O) groups excluding carboxylic acids is 1. The van der Waals surface area contributed by atoms with Crippen LogP contribution in [0.25, 0.3) is 0 Å². The van der Waals surface area contributed by atoms with Gasteiger partial charge in [0.05, 0.1) is 13.7 Å². The summed E-state index contributed by atoms with van der Waals surface area (Å²) in [7, 11) is 1.68. The Labute approximate surface area is 196 Å². The highest BCUT2D eigenvalue weighted by Crippen LogP contribution is 2.21. The van der Waals surface area contributed by atoms with Crippen molar-refractivity contribution in [1.82, 2.24) is 24.8 Å². The zero-order valence-electron chi connectivity index (χ0n) is 20.1. The summed E-state index contributed by atoms with van der Waals surface area (Å²) in [6, 6.07) is 8.13. The molecule has 0 spiro atoms. The molecular weight excluding hydrogens is 420 g/mol. The molecule has 2 aromatic rings. The van der Waals surface area contributed by atoms with Gasteiger partial charge in [-0.05, 0) is 24.3 Å². The van der Waals surface area contributed by atoms with Gasteiger partial charge in [0.15, 0.2) is 5.82 Å². The van der Waals surface area contributed by atoms with Crippen molar-refractivity contribution in [3.05, 3.63) is 36.0 Å². The molecule has 4 rings (SSSR count). The van der Waals surface area contributed by atoms with Crippen molar-refractivity contribution < 1.29 is 14.1 Å². The van der Waals surface area contributed by atoms with Gasteiger partial charge < -0.3 is 24.0 Å². The SMILES string of the molecule is COc1ccc(N2CCN(C(=O)CCN3CCN(Cc4nc(C(C)C)no4)CC3)CC2)cc1. The van der Waals surface area contributed by atoms with E-state index < -0.39 is 0 Å². The number of ether oxygens (including phenoxy) is 1. The number of methoxy groups -OCH3 is 1. The van der Waals surface area contributed by atoms with Crippen molar-refractivity contribution in [2.24, 2.45) is 0 Å². The predicted octanol–water partition coefficient (Wildman–Crippen LogP) is 2.06. The van der Waals surface area contributed by atoms with Gasteiger partial charge in [-0.25, -0.2) is 0 Å². The average molecular weight is 457 g/mol. The van der Waals surface area contributed by atoms with Crippen LogP contribution in [0.15, 0.2) is 28.8 Å². The van der Waals surface area contributed by atoms with E-state index in [0.29, 0.717) is 18.9 Å². The molecule has 2 saturated heterocycles. The topological polar surface area (TPSA) is 78.2 Å². The lowest BCUT2D eigenvalue weighted by Gasteiger charge is -2.37. The summed E-state index contributed by atoms with van der Waals surface area (Å²) >= 11 is 0. The molecule has 0 unspecified atom stereocenters. The van der Waals surface area contributed by atoms with Crippen molar-refractivity contribution in [2.75, 3.05) is 70.9 Å². The lowest BCUT2D eigenvalue weighted by Crippen LogP contribution is -2.50. The first-order chi connectivity index (χ1) is 16.0. The number of hydrogen-bond acceptors (Lipinski definition) is 8. The molecule has 2 fully saturated rings. The minimum Gasteiger partial charge on any atom is -0.497 e. The van der Waals surface area contributed by atoms with Crippen LogP contribution in [0.3, 0.4) is 0 Å². The summed E-state index contributed by atoms with van der Waals surface area (Å²) in [5.41, 5.74) is 1.18. The van der Waals surface area contributed by atoms with Crippen LogP contribution >= 0.6 is 0 Å². The molecule has 1 aromatic heterocycles. The number of hydrogen-bond donors (Lipinski definition) is 0. The first-order valence-corrected chi connectivity index (χ1v) is 12.0. The molecule has 1 aromatic carbocycles. The first kappa shape index (κ1) is 23.5. The van der Waals surface area contributed by atoms with E-state index in [9.17, 15) is 4.79 Å². The lowest BCUT2D eigenvalue weighted by atomic mass is 10.2. The van der Waals surface area contributed by atoms with E-state index in [1.165, 1.54) is 5.69 Å². The van der Waals surface area contributed by atoms with E-state index in [1.54, 1.807) is 7.11 Å². The van der Waals surface area contributed by atoms with Gasteiger partial charge in [0.1, 0.15) is 5.75 Å². The molecule has 180 valence electrons. The molecule has 0 radical (unpaired) electrons. The molecule has 33 heavy (non-hydrogen) atoms. The van der Waals surface area contributed by atoms with Gasteiger partial charge in [0.2, 0.25) is 11.8 Å². The minimum absolute atomic E-state index is 0.263. The van der Waals surface area contributed by atoms with Crippen LogP contribution < -0.4 is 9.64 Å². The Morgan fingerprint density at radius 2 is 1.67 bits per heavy atom. The van der Waals surface area contributed by atoms with Crippen molar-refractivity contribution >= 4 is 11.6 Å². The Morgan fingerprint density at radius 1 is 1.00 bits per heavy atom. The number of aromatic nitrogens is 2. The highest BCUT2D eigenvalue weighted by Gasteiger charge is 2.24. The molecular formula is C24H36N6O3. The molecule has 0 atom stereocenters. The van der Waals surface area contributed by atoms with E-state index in [4.69, 9.17) is 9.26 Å². The third-order valence-electron chi connectivity index (χ3n) is 6.54. The summed E-state index contributed by atoms with van der Waals surface area (Å²) in [4.78, 5) is 26.3. The smallest absolute Gasteiger partial charge is 0.240 e. The number of piperazine rings is 2. The molecule has 3 heterocycles. The standard InChI is InChI=1S/C24H36N6O3/c1-19(2)24-25-22(33-26-24)18-28-12-10-27(11-13-28)9-8-23(31)30-16-14-29(15-17-30)20-4-6-21(32-3)7-5-20/h4-7,19H,8-18H2,1-3H3. The van der Waals surface area contributed by atoms with Gasteiger partial charge >= 0.3 is 0 Å². The molecule has 9 nitrogen and oxygen atoms in total. The van der Waals surface area contributed by atoms with Gasteiger partial charge in [-0.15, -0.1) is 0 Å². The van der Waals surface area contributed by atoms with Gasteiger partial charge in [0.25, 0.3) is 0 Å². The van der Waals surface area contributed by atoms with E-state index >= 15 is 0 Å². The van der Waals surface area contributed by atoms with Gasteiger partial charge in [-0.3, -0.25) is 9.69 Å². The normalized spacial score (nSPS) is 18.2. The van der Waals surface area contributed by atoms with Gasteiger partial charge in [0, 0.05) is 76.9 Å². The van der Waals surface area contributed by atoms with Crippen LogP contribution in [0, 0.1) is 0 Å². The van der Waals surface area contributed by atoms with Crippen molar-refractivity contribution in [3.8, 4) is 5.75 Å². The quantitative estimate of drug-likeness (QED) is 0.597. The number of anilines is 1. The largest absolute Gasteiger partial charge is 0.497 e. The second-order valence-corrected chi connectivity index (χ2v) is 9.13. The van der Waals surface area contributed by atoms with Crippen LogP contribution in [0.1, 0.15) is 37.9 Å². The van der Waals surface area contributed by atoms with Crippen LogP contribution in [-0.4, -0.2) is 96.8 Å². The zero-order valence-corrected chi connectivity index (χ0v) is 20.1. The summed E-state index contributed by atoms with van der Waals surface area (Å²) in [5, 5.41) is 4.04. The van der Waals surface area contributed by atoms with Crippen molar-refractivity contribution in [1.29, 1.82) is 0 Å². The van der Waals surface area contributed by atoms with Crippen LogP contribution in [0.2, 0.25) is 0 Å². The molecule has 2 aliphatic rings. The molecule has 0 N–H and O–H groups in total. The summed E-state index contributed by atoms with van der Waals surface area (Å²) in [6.45, 7) is 12.8. The fourth-order valence-electron chi connectivity index (χ4n) is 4.35. The number of benzene rings is 1. The molecule has 1 amide bonds. The monoisotopic (exact) mass is 456 g/mol. The highest BCUT2D eigenvalue weighted by molar-refractivity contribution is 5.76. The summed E-state index contributed by atoms with van der Waals surface area (Å²) < 4.78 is 10.6. The Morgan fingerprint density at radius 3 is 2.27 bits per heavy atom. The average Bonchev–Trinajstić information content (AvgIpc) is 3.32. The third-order valence-corrected chi connectivity index (χ3v) is 6.54. The first-order valence-electron chi connectivity index (χ1n) is 12.0. The Bertz CT molecular complexity index is 884. The number of rotatable bonds is 8. The summed E-state index contributed by atoms with van der Waals surface area (Å²) in [5.74, 6) is 2.87. The fraction of sp³-hybridized carbons (Fsp3) is 0.625. The molecule has 9 heteroatoms. The maximum Gasteiger partial charge on any atom is 0.240 e. The third kappa shape index (κ3) is 6.23. The zero-order chi connectivity index (χ0) is 23.2. The van der Waals surface area contributed by atoms with Crippen LogP contribution in [0.4, 0.5) is 5.69 Å². The van der Waals surface area contributed by atoms with Gasteiger partial charge in [-0.1, -0.05) is 19.0 Å². The Hall–Kier alpha value is -2.65. The maximum atomic E-state index is 12.8. The van der Waals surface area contributed by atoms with Crippen LogP contribution in [0.5, 0.6) is 5.75 Å². The van der Waals surface area contributed by atoms with Gasteiger partial charge in [-0.2, -0.15) is 4.98 Å². The van der Waals surface area contributed by atoms with E-state index in [2.05, 4.69) is 50.8 Å². The number of amides is 1. The van der Waals surface area contributed by atoms with Crippen molar-refractivity contribution in [2.45, 2.75) is 32.7 Å². The number of carbonyl (C=O) groups is 1. The Balaban J connectivity index is 1.14. The molecule has 0 saturated carbocycles. The minimum atomic E-state index is 0.263.